The van der Waals surface area contributed by atoms with E-state index in [1.54, 1.807) is 12.1 Å². The Bertz CT molecular complexity index is 803. The fraction of sp³-hybridized carbons (Fsp3) is 0.524. The van der Waals surface area contributed by atoms with Crippen molar-refractivity contribution < 1.29 is 13.9 Å². The first kappa shape index (κ1) is 18.5. The lowest BCUT2D eigenvalue weighted by atomic mass is 10.1. The first-order valence-electron chi connectivity index (χ1n) is 9.64. The molecule has 0 radical (unpaired) electrons. The van der Waals surface area contributed by atoms with Gasteiger partial charge in [0.1, 0.15) is 11.3 Å². The maximum Gasteiger partial charge on any atom is 0.336 e. The Labute approximate surface area is 153 Å². The molecule has 1 heterocycles. The van der Waals surface area contributed by atoms with Crippen LogP contribution < -0.4 is 15.7 Å². The monoisotopic (exact) mass is 357 g/mol. The van der Waals surface area contributed by atoms with Crippen LogP contribution in [-0.4, -0.2) is 18.6 Å². The van der Waals surface area contributed by atoms with Gasteiger partial charge in [-0.25, -0.2) is 4.79 Å². The number of fused-ring (bicyclic) bond motifs is 1. The molecule has 140 valence electrons. The molecular weight excluding hydrogens is 330 g/mol. The Balaban J connectivity index is 1.63. The number of aryl methyl sites for hydroxylation is 1. The van der Waals surface area contributed by atoms with Gasteiger partial charge in [0.2, 0.25) is 0 Å². The molecule has 0 spiro atoms. The minimum atomic E-state index is -0.357. The third kappa shape index (κ3) is 4.87. The van der Waals surface area contributed by atoms with Gasteiger partial charge >= 0.3 is 5.63 Å². The van der Waals surface area contributed by atoms with Crippen molar-refractivity contribution in [1.29, 1.82) is 0 Å². The lowest BCUT2D eigenvalue weighted by Crippen LogP contribution is -2.37. The zero-order valence-electron chi connectivity index (χ0n) is 15.4. The van der Waals surface area contributed by atoms with Crippen molar-refractivity contribution in [1.82, 2.24) is 5.32 Å². The van der Waals surface area contributed by atoms with Crippen molar-refractivity contribution in [2.24, 2.45) is 0 Å². The first-order chi connectivity index (χ1) is 12.7. The summed E-state index contributed by atoms with van der Waals surface area (Å²) in [5, 5.41) is 3.98. The molecule has 1 saturated carbocycles. The molecule has 26 heavy (non-hydrogen) atoms. The largest absolute Gasteiger partial charge is 0.484 e. The van der Waals surface area contributed by atoms with Crippen LogP contribution in [0.1, 0.15) is 57.4 Å². The second-order valence-corrected chi connectivity index (χ2v) is 7.04. The van der Waals surface area contributed by atoms with Gasteiger partial charge in [-0.3, -0.25) is 4.79 Å². The van der Waals surface area contributed by atoms with Gasteiger partial charge in [0.15, 0.2) is 6.61 Å². The molecule has 0 aliphatic heterocycles. The Hall–Kier alpha value is -2.30. The highest BCUT2D eigenvalue weighted by Crippen LogP contribution is 2.23. The number of carbonyl (C=O) groups is 1. The van der Waals surface area contributed by atoms with Crippen molar-refractivity contribution in [2.45, 2.75) is 64.3 Å². The topological polar surface area (TPSA) is 68.5 Å². The van der Waals surface area contributed by atoms with E-state index in [-0.39, 0.29) is 24.2 Å². The normalized spacial score (nSPS) is 15.6. The lowest BCUT2D eigenvalue weighted by molar-refractivity contribution is -0.123. The maximum absolute atomic E-state index is 12.1. The van der Waals surface area contributed by atoms with E-state index in [1.807, 2.05) is 12.1 Å². The van der Waals surface area contributed by atoms with Crippen LogP contribution in [-0.2, 0) is 11.2 Å². The molecule has 1 aliphatic rings. The zero-order chi connectivity index (χ0) is 18.4. The summed E-state index contributed by atoms with van der Waals surface area (Å²) in [7, 11) is 0. The van der Waals surface area contributed by atoms with E-state index >= 15 is 0 Å². The zero-order valence-corrected chi connectivity index (χ0v) is 15.4. The smallest absolute Gasteiger partial charge is 0.336 e. The van der Waals surface area contributed by atoms with Crippen molar-refractivity contribution in [2.75, 3.05) is 6.61 Å². The number of amides is 1. The Morgan fingerprint density at radius 2 is 1.96 bits per heavy atom. The van der Waals surface area contributed by atoms with Gasteiger partial charge in [-0.1, -0.05) is 39.0 Å². The van der Waals surface area contributed by atoms with Crippen LogP contribution in [0, 0.1) is 0 Å². The predicted octanol–water partition coefficient (Wildman–Crippen LogP) is 3.96. The second kappa shape index (κ2) is 8.88. The molecule has 0 bridgehead atoms. The molecule has 1 N–H and O–H groups in total. The third-order valence-corrected chi connectivity index (χ3v) is 4.91. The molecule has 5 heteroatoms. The summed E-state index contributed by atoms with van der Waals surface area (Å²) >= 11 is 0. The molecule has 1 aromatic carbocycles. The van der Waals surface area contributed by atoms with Crippen molar-refractivity contribution in [3.05, 3.63) is 40.2 Å². The molecule has 1 aromatic heterocycles. The fourth-order valence-electron chi connectivity index (χ4n) is 3.62. The number of carbonyl (C=O) groups excluding carboxylic acids is 1. The van der Waals surface area contributed by atoms with Crippen molar-refractivity contribution >= 4 is 16.9 Å². The molecule has 0 atom stereocenters. The van der Waals surface area contributed by atoms with Crippen LogP contribution in [0.5, 0.6) is 5.75 Å². The standard InChI is InChI=1S/C21H27NO4/c1-2-7-15-12-21(24)26-19-13-17(10-11-18(15)19)25-14-20(23)22-16-8-5-3-4-6-9-16/h10-13,16H,2-9,14H2,1H3,(H,22,23). The molecule has 5 nitrogen and oxygen atoms in total. The molecule has 2 aromatic rings. The van der Waals surface area contributed by atoms with Gasteiger partial charge in [-0.2, -0.15) is 0 Å². The van der Waals surface area contributed by atoms with Crippen LogP contribution in [0.2, 0.25) is 0 Å². The summed E-state index contributed by atoms with van der Waals surface area (Å²) in [5.74, 6) is 0.434. The molecular formula is C21H27NO4. The van der Waals surface area contributed by atoms with Crippen LogP contribution in [0.25, 0.3) is 11.0 Å². The number of ether oxygens (including phenoxy) is 1. The third-order valence-electron chi connectivity index (χ3n) is 4.91. The van der Waals surface area contributed by atoms with Gasteiger partial charge in [-0.15, -0.1) is 0 Å². The SMILES string of the molecule is CCCc1cc(=O)oc2cc(OCC(=O)NC3CCCCCC3)ccc12. The van der Waals surface area contributed by atoms with Gasteiger partial charge in [0.25, 0.3) is 5.91 Å². The van der Waals surface area contributed by atoms with E-state index in [9.17, 15) is 9.59 Å². The highest BCUT2D eigenvalue weighted by molar-refractivity contribution is 5.82. The minimum absolute atomic E-state index is 0.0269. The van der Waals surface area contributed by atoms with Crippen LogP contribution in [0.4, 0.5) is 0 Å². The highest BCUT2D eigenvalue weighted by atomic mass is 16.5. The Morgan fingerprint density at radius 3 is 2.69 bits per heavy atom. The average molecular weight is 357 g/mol. The minimum Gasteiger partial charge on any atom is -0.484 e. The summed E-state index contributed by atoms with van der Waals surface area (Å²) < 4.78 is 10.9. The van der Waals surface area contributed by atoms with E-state index in [0.29, 0.717) is 11.3 Å². The molecule has 3 rings (SSSR count). The van der Waals surface area contributed by atoms with Crippen LogP contribution in [0.3, 0.4) is 0 Å². The first-order valence-corrected chi connectivity index (χ1v) is 9.64. The lowest BCUT2D eigenvalue weighted by Gasteiger charge is -2.16. The van der Waals surface area contributed by atoms with E-state index in [1.165, 1.54) is 25.7 Å². The quantitative estimate of drug-likeness (QED) is 0.627. The van der Waals surface area contributed by atoms with Gasteiger partial charge in [0, 0.05) is 23.6 Å². The van der Waals surface area contributed by atoms with Gasteiger partial charge in [0.05, 0.1) is 0 Å². The summed E-state index contributed by atoms with van der Waals surface area (Å²) in [6.45, 7) is 2.05. The van der Waals surface area contributed by atoms with Crippen LogP contribution >= 0.6 is 0 Å². The van der Waals surface area contributed by atoms with Gasteiger partial charge < -0.3 is 14.5 Å². The molecule has 1 fully saturated rings. The van der Waals surface area contributed by atoms with Crippen molar-refractivity contribution in [3.8, 4) is 5.75 Å². The molecule has 1 aliphatic carbocycles. The number of hydrogen-bond donors (Lipinski definition) is 1. The maximum atomic E-state index is 12.1. The highest BCUT2D eigenvalue weighted by Gasteiger charge is 2.15. The summed E-state index contributed by atoms with van der Waals surface area (Å²) in [6, 6.07) is 7.21. The number of nitrogens with one attached hydrogen (secondary N) is 1. The van der Waals surface area contributed by atoms with E-state index < -0.39 is 0 Å². The van der Waals surface area contributed by atoms with Gasteiger partial charge in [-0.05, 0) is 37.0 Å². The average Bonchev–Trinajstić information content (AvgIpc) is 2.88. The Kier molecular flexibility index (Phi) is 6.31. The van der Waals surface area contributed by atoms with E-state index in [0.717, 1.165) is 36.6 Å². The molecule has 1 amide bonds. The van der Waals surface area contributed by atoms with Crippen molar-refractivity contribution in [3.63, 3.8) is 0 Å². The fourth-order valence-corrected chi connectivity index (χ4v) is 3.62. The summed E-state index contributed by atoms with van der Waals surface area (Å²) in [5.41, 5.74) is 1.13. The second-order valence-electron chi connectivity index (χ2n) is 7.04. The number of benzene rings is 1. The van der Waals surface area contributed by atoms with E-state index in [4.69, 9.17) is 9.15 Å². The summed E-state index contributed by atoms with van der Waals surface area (Å²) in [4.78, 5) is 23.9. The number of hydrogen-bond acceptors (Lipinski definition) is 4. The Morgan fingerprint density at radius 1 is 1.19 bits per heavy atom. The molecule has 0 unspecified atom stereocenters. The molecule has 0 saturated heterocycles. The van der Waals surface area contributed by atoms with Crippen LogP contribution in [0.15, 0.2) is 33.5 Å². The summed E-state index contributed by atoms with van der Waals surface area (Å²) in [6.07, 6.45) is 8.74. The predicted molar refractivity (Wildman–Crippen MR) is 102 cm³/mol. The van der Waals surface area contributed by atoms with E-state index in [2.05, 4.69) is 12.2 Å². The number of rotatable bonds is 6.